The zero-order valence-electron chi connectivity index (χ0n) is 16.7. The third kappa shape index (κ3) is 32.3. The van der Waals surface area contributed by atoms with Gasteiger partial charge in [-0.15, -0.1) is 0 Å². The van der Waals surface area contributed by atoms with E-state index in [2.05, 4.69) is 32.2 Å². The molecule has 152 valence electrons. The van der Waals surface area contributed by atoms with Crippen molar-refractivity contribution in [3.05, 3.63) is 0 Å². The minimum atomic E-state index is -0.668. The van der Waals surface area contributed by atoms with Crippen molar-refractivity contribution in [3.8, 4) is 0 Å². The molecule has 0 amide bonds. The first kappa shape index (κ1) is 27.4. The van der Waals surface area contributed by atoms with Crippen molar-refractivity contribution in [1.82, 2.24) is 0 Å². The number of thiol groups is 2. The van der Waals surface area contributed by atoms with Gasteiger partial charge in [-0.1, -0.05) is 90.4 Å². The maximum Gasteiger partial charge on any atom is 0.303 e. The van der Waals surface area contributed by atoms with Crippen molar-refractivity contribution in [3.63, 3.8) is 0 Å². The van der Waals surface area contributed by atoms with Gasteiger partial charge in [0.05, 0.1) is 0 Å². The van der Waals surface area contributed by atoms with Crippen molar-refractivity contribution in [1.29, 1.82) is 0 Å². The number of carboxylic acid groups (broad SMARTS) is 1. The second-order valence-corrected chi connectivity index (χ2v) is 7.79. The van der Waals surface area contributed by atoms with Crippen LogP contribution < -0.4 is 0 Å². The zero-order chi connectivity index (χ0) is 19.0. The number of unbranched alkanes of at least 4 members (excludes halogenated alkanes) is 14. The van der Waals surface area contributed by atoms with E-state index in [-0.39, 0.29) is 0 Å². The SMILES string of the molecule is CCCCCCCCCCS.O=C(O)CCCCCCCCCCS. The second kappa shape index (κ2) is 26.4. The lowest BCUT2D eigenvalue weighted by Crippen LogP contribution is -1.93. The van der Waals surface area contributed by atoms with Gasteiger partial charge in [0.25, 0.3) is 0 Å². The molecule has 0 aliphatic rings. The monoisotopic (exact) mass is 392 g/mol. The zero-order valence-corrected chi connectivity index (χ0v) is 18.5. The molecule has 25 heavy (non-hydrogen) atoms. The number of carbonyl (C=O) groups is 1. The van der Waals surface area contributed by atoms with E-state index in [0.717, 1.165) is 24.3 Å². The molecule has 0 aromatic carbocycles. The minimum absolute atomic E-state index is 0.333. The fourth-order valence-corrected chi connectivity index (χ4v) is 3.14. The van der Waals surface area contributed by atoms with Crippen molar-refractivity contribution in [2.75, 3.05) is 11.5 Å². The predicted molar refractivity (Wildman–Crippen MR) is 120 cm³/mol. The first-order valence-electron chi connectivity index (χ1n) is 10.6. The Morgan fingerprint density at radius 2 is 0.920 bits per heavy atom. The third-order valence-corrected chi connectivity index (χ3v) is 4.94. The van der Waals surface area contributed by atoms with Crippen LogP contribution in [0.15, 0.2) is 0 Å². The number of hydrogen-bond donors (Lipinski definition) is 3. The maximum atomic E-state index is 10.2. The molecule has 1 N–H and O–H groups in total. The van der Waals surface area contributed by atoms with Crippen LogP contribution in [0.25, 0.3) is 0 Å². The quantitative estimate of drug-likeness (QED) is 0.166. The molecule has 0 bridgehead atoms. The number of aliphatic carboxylic acids is 1. The Kier molecular flexibility index (Phi) is 28.9. The number of carboxylic acids is 1. The first-order chi connectivity index (χ1) is 12.2. The maximum absolute atomic E-state index is 10.2. The highest BCUT2D eigenvalue weighted by molar-refractivity contribution is 7.80. The average Bonchev–Trinajstić information content (AvgIpc) is 2.60. The van der Waals surface area contributed by atoms with Crippen molar-refractivity contribution < 1.29 is 9.90 Å². The van der Waals surface area contributed by atoms with E-state index in [9.17, 15) is 4.79 Å². The summed E-state index contributed by atoms with van der Waals surface area (Å²) in [7, 11) is 0. The highest BCUT2D eigenvalue weighted by Gasteiger charge is 1.96. The minimum Gasteiger partial charge on any atom is -0.481 e. The summed E-state index contributed by atoms with van der Waals surface area (Å²) in [6.45, 7) is 2.26. The molecule has 0 heterocycles. The summed E-state index contributed by atoms with van der Waals surface area (Å²) >= 11 is 8.33. The smallest absolute Gasteiger partial charge is 0.303 e. The molecule has 0 aliphatic heterocycles. The molecule has 0 unspecified atom stereocenters. The van der Waals surface area contributed by atoms with E-state index < -0.39 is 5.97 Å². The van der Waals surface area contributed by atoms with Crippen molar-refractivity contribution in [2.24, 2.45) is 0 Å². The average molecular weight is 393 g/mol. The molecule has 0 atom stereocenters. The van der Waals surface area contributed by atoms with Crippen LogP contribution >= 0.6 is 25.3 Å². The molecule has 2 nitrogen and oxygen atoms in total. The highest BCUT2D eigenvalue weighted by atomic mass is 32.1. The molecule has 0 fully saturated rings. The third-order valence-electron chi connectivity index (χ3n) is 4.31. The molecule has 0 saturated carbocycles. The molecule has 0 saturated heterocycles. The summed E-state index contributed by atoms with van der Waals surface area (Å²) in [6.07, 6.45) is 21.0. The summed E-state index contributed by atoms with van der Waals surface area (Å²) in [4.78, 5) is 10.2. The summed E-state index contributed by atoms with van der Waals surface area (Å²) in [5.74, 6) is 1.40. The summed E-state index contributed by atoms with van der Waals surface area (Å²) < 4.78 is 0. The Morgan fingerprint density at radius 1 is 0.600 bits per heavy atom. The lowest BCUT2D eigenvalue weighted by atomic mass is 10.1. The summed E-state index contributed by atoms with van der Waals surface area (Å²) in [6, 6.07) is 0. The second-order valence-electron chi connectivity index (χ2n) is 6.89. The van der Waals surface area contributed by atoms with Crippen LogP contribution in [0.3, 0.4) is 0 Å². The van der Waals surface area contributed by atoms with Crippen molar-refractivity contribution >= 4 is 31.2 Å². The van der Waals surface area contributed by atoms with Crippen LogP contribution in [0.4, 0.5) is 0 Å². The molecule has 0 rings (SSSR count). The Bertz CT molecular complexity index is 240. The van der Waals surface area contributed by atoms with Crippen LogP contribution in [0.5, 0.6) is 0 Å². The van der Waals surface area contributed by atoms with Gasteiger partial charge < -0.3 is 5.11 Å². The lowest BCUT2D eigenvalue weighted by Gasteiger charge is -2.00. The molecule has 0 aromatic heterocycles. The fourth-order valence-electron chi connectivity index (χ4n) is 2.69. The van der Waals surface area contributed by atoms with Crippen LogP contribution in [-0.4, -0.2) is 22.6 Å². The standard InChI is InChI=1S/C11H22O2S.C10H22S/c12-11(13)9-7-5-3-1-2-4-6-8-10-14;1-2-3-4-5-6-7-8-9-10-11/h14H,1-10H2,(H,12,13);11H,2-10H2,1H3. The van der Waals surface area contributed by atoms with Gasteiger partial charge in [0.2, 0.25) is 0 Å². The van der Waals surface area contributed by atoms with Crippen LogP contribution in [-0.2, 0) is 4.79 Å². The molecule has 0 aromatic rings. The topological polar surface area (TPSA) is 37.3 Å². The molecule has 0 radical (unpaired) electrons. The van der Waals surface area contributed by atoms with E-state index in [0.29, 0.717) is 6.42 Å². The molecule has 0 aliphatic carbocycles. The van der Waals surface area contributed by atoms with Gasteiger partial charge in [-0.25, -0.2) is 0 Å². The number of hydrogen-bond acceptors (Lipinski definition) is 3. The molecule has 4 heteroatoms. The van der Waals surface area contributed by atoms with Crippen LogP contribution in [0.2, 0.25) is 0 Å². The van der Waals surface area contributed by atoms with Gasteiger partial charge in [-0.2, -0.15) is 25.3 Å². The van der Waals surface area contributed by atoms with E-state index in [1.165, 1.54) is 89.9 Å². The van der Waals surface area contributed by atoms with E-state index >= 15 is 0 Å². The first-order valence-corrected chi connectivity index (χ1v) is 11.9. The van der Waals surface area contributed by atoms with E-state index in [1.807, 2.05) is 0 Å². The van der Waals surface area contributed by atoms with Gasteiger partial charge in [-0.3, -0.25) is 4.79 Å². The highest BCUT2D eigenvalue weighted by Crippen LogP contribution is 2.10. The molecular weight excluding hydrogens is 348 g/mol. The fraction of sp³-hybridized carbons (Fsp3) is 0.952. The predicted octanol–water partition coefficient (Wildman–Crippen LogP) is 7.57. The Balaban J connectivity index is 0. The summed E-state index contributed by atoms with van der Waals surface area (Å²) in [5, 5.41) is 8.41. The Hall–Kier alpha value is 0.170. The van der Waals surface area contributed by atoms with Gasteiger partial charge >= 0.3 is 5.97 Å². The van der Waals surface area contributed by atoms with Crippen LogP contribution in [0, 0.1) is 0 Å². The van der Waals surface area contributed by atoms with Crippen LogP contribution in [0.1, 0.15) is 116 Å². The molecule has 0 spiro atoms. The number of rotatable bonds is 18. The largest absolute Gasteiger partial charge is 0.481 e. The van der Waals surface area contributed by atoms with Gasteiger partial charge in [0.1, 0.15) is 0 Å². The Labute approximate surface area is 168 Å². The summed E-state index contributed by atoms with van der Waals surface area (Å²) in [5.41, 5.74) is 0. The lowest BCUT2D eigenvalue weighted by molar-refractivity contribution is -0.137. The van der Waals surface area contributed by atoms with E-state index in [1.54, 1.807) is 0 Å². The van der Waals surface area contributed by atoms with Gasteiger partial charge in [0.15, 0.2) is 0 Å². The van der Waals surface area contributed by atoms with Gasteiger partial charge in [0, 0.05) is 6.42 Å². The molecular formula is C21H44O2S2. The van der Waals surface area contributed by atoms with Crippen molar-refractivity contribution in [2.45, 2.75) is 116 Å². The van der Waals surface area contributed by atoms with E-state index in [4.69, 9.17) is 5.11 Å². The normalized spacial score (nSPS) is 10.4. The Morgan fingerprint density at radius 3 is 1.24 bits per heavy atom. The van der Waals surface area contributed by atoms with Gasteiger partial charge in [-0.05, 0) is 30.8 Å².